The van der Waals surface area contributed by atoms with Gasteiger partial charge in [-0.1, -0.05) is 11.6 Å². The molecule has 6 nitrogen and oxygen atoms in total. The van der Waals surface area contributed by atoms with E-state index in [1.807, 2.05) is 0 Å². The van der Waals surface area contributed by atoms with E-state index in [1.165, 1.54) is 18.2 Å². The average molecular weight is 282 g/mol. The summed E-state index contributed by atoms with van der Waals surface area (Å²) in [6.45, 7) is 3.58. The number of oxazole rings is 1. The minimum Gasteiger partial charge on any atom is -0.444 e. The van der Waals surface area contributed by atoms with E-state index in [-0.39, 0.29) is 11.7 Å². The van der Waals surface area contributed by atoms with E-state index in [0.29, 0.717) is 22.4 Å². The quantitative estimate of drug-likeness (QED) is 0.682. The van der Waals surface area contributed by atoms with E-state index in [0.717, 1.165) is 0 Å². The lowest BCUT2D eigenvalue weighted by molar-refractivity contribution is -0.384. The monoisotopic (exact) mass is 281 g/mol. The lowest BCUT2D eigenvalue weighted by atomic mass is 10.2. The smallest absolute Gasteiger partial charge is 0.292 e. The van der Waals surface area contributed by atoms with Crippen molar-refractivity contribution in [3.63, 3.8) is 0 Å². The molecular weight excluding hydrogens is 270 g/mol. The van der Waals surface area contributed by atoms with Gasteiger partial charge >= 0.3 is 0 Å². The molecule has 0 amide bonds. The van der Waals surface area contributed by atoms with E-state index in [9.17, 15) is 10.1 Å². The van der Waals surface area contributed by atoms with Crippen molar-refractivity contribution in [3.8, 4) is 0 Å². The summed E-state index contributed by atoms with van der Waals surface area (Å²) >= 11 is 5.85. The Bertz CT molecular complexity index is 612. The normalized spacial score (nSPS) is 12.2. The van der Waals surface area contributed by atoms with Crippen molar-refractivity contribution in [1.82, 2.24) is 4.98 Å². The van der Waals surface area contributed by atoms with Crippen molar-refractivity contribution >= 4 is 23.0 Å². The van der Waals surface area contributed by atoms with Gasteiger partial charge in [-0.2, -0.15) is 0 Å². The molecule has 0 saturated heterocycles. The first-order valence-electron chi connectivity index (χ1n) is 5.60. The van der Waals surface area contributed by atoms with Crippen LogP contribution in [0.2, 0.25) is 5.02 Å². The number of aryl methyl sites for hydroxylation is 1. The molecule has 0 fully saturated rings. The van der Waals surface area contributed by atoms with Gasteiger partial charge in [0, 0.05) is 11.1 Å². The molecule has 2 aromatic rings. The molecular formula is C12H12ClN3O3. The fraction of sp³-hybridized carbons (Fsp3) is 0.250. The third-order valence-electron chi connectivity index (χ3n) is 2.54. The Labute approximate surface area is 114 Å². The molecule has 0 saturated carbocycles. The largest absolute Gasteiger partial charge is 0.444 e. The van der Waals surface area contributed by atoms with Crippen molar-refractivity contribution in [1.29, 1.82) is 0 Å². The van der Waals surface area contributed by atoms with Crippen LogP contribution in [0.25, 0.3) is 0 Å². The summed E-state index contributed by atoms with van der Waals surface area (Å²) in [4.78, 5) is 14.5. The number of nitrogens with one attached hydrogen (secondary N) is 1. The van der Waals surface area contributed by atoms with Crippen LogP contribution in [-0.2, 0) is 0 Å². The minimum absolute atomic E-state index is 0.0421. The number of nitro groups is 1. The summed E-state index contributed by atoms with van der Waals surface area (Å²) in [5.74, 6) is 1.15. The summed E-state index contributed by atoms with van der Waals surface area (Å²) in [6.07, 6.45) is 1.60. The van der Waals surface area contributed by atoms with Gasteiger partial charge in [-0.15, -0.1) is 0 Å². The predicted molar refractivity (Wildman–Crippen MR) is 71.4 cm³/mol. The highest BCUT2D eigenvalue weighted by atomic mass is 35.5. The lowest BCUT2D eigenvalue weighted by Gasteiger charge is -2.12. The zero-order valence-corrected chi connectivity index (χ0v) is 11.1. The molecule has 1 unspecified atom stereocenters. The van der Waals surface area contributed by atoms with Crippen LogP contribution in [0.5, 0.6) is 0 Å². The van der Waals surface area contributed by atoms with Crippen molar-refractivity contribution in [2.45, 2.75) is 19.9 Å². The van der Waals surface area contributed by atoms with Crippen molar-refractivity contribution in [2.75, 3.05) is 5.32 Å². The van der Waals surface area contributed by atoms with Gasteiger partial charge in [0.1, 0.15) is 17.5 Å². The molecule has 0 aliphatic heterocycles. The number of halogens is 1. The summed E-state index contributed by atoms with van der Waals surface area (Å²) < 4.78 is 5.37. The molecule has 100 valence electrons. The summed E-state index contributed by atoms with van der Waals surface area (Å²) in [7, 11) is 0. The van der Waals surface area contributed by atoms with Gasteiger partial charge in [-0.3, -0.25) is 10.1 Å². The van der Waals surface area contributed by atoms with E-state index in [4.69, 9.17) is 16.0 Å². The van der Waals surface area contributed by atoms with Gasteiger partial charge in [-0.05, 0) is 26.0 Å². The summed E-state index contributed by atoms with van der Waals surface area (Å²) in [5.41, 5.74) is 0.292. The third-order valence-corrected chi connectivity index (χ3v) is 2.77. The van der Waals surface area contributed by atoms with Gasteiger partial charge in [-0.25, -0.2) is 4.98 Å². The molecule has 0 radical (unpaired) electrons. The number of hydrogen-bond donors (Lipinski definition) is 1. The van der Waals surface area contributed by atoms with Crippen LogP contribution in [0.3, 0.4) is 0 Å². The minimum atomic E-state index is -0.466. The molecule has 1 N–H and O–H groups in total. The van der Waals surface area contributed by atoms with Crippen LogP contribution in [-0.4, -0.2) is 9.91 Å². The molecule has 0 aliphatic rings. The van der Waals surface area contributed by atoms with Gasteiger partial charge in [0.2, 0.25) is 5.89 Å². The van der Waals surface area contributed by atoms with Gasteiger partial charge < -0.3 is 9.73 Å². The van der Waals surface area contributed by atoms with Crippen molar-refractivity contribution < 1.29 is 9.34 Å². The van der Waals surface area contributed by atoms with Crippen molar-refractivity contribution in [2.24, 2.45) is 0 Å². The molecule has 1 heterocycles. The molecule has 2 rings (SSSR count). The third kappa shape index (κ3) is 3.03. The second-order valence-electron chi connectivity index (χ2n) is 4.09. The average Bonchev–Trinajstić information content (AvgIpc) is 2.75. The zero-order valence-electron chi connectivity index (χ0n) is 10.4. The molecule has 1 aromatic heterocycles. The second kappa shape index (κ2) is 5.27. The zero-order chi connectivity index (χ0) is 14.0. The van der Waals surface area contributed by atoms with Gasteiger partial charge in [0.05, 0.1) is 11.1 Å². The standard InChI is InChI=1S/C12H12ClN3O3/c1-7-6-14-12(19-7)8(2)15-10-5-9(13)3-4-11(10)16(17)18/h3-6,8,15H,1-2H3. The Kier molecular flexibility index (Phi) is 3.71. The number of anilines is 1. The van der Waals surface area contributed by atoms with E-state index in [1.54, 1.807) is 20.0 Å². The van der Waals surface area contributed by atoms with Crippen LogP contribution < -0.4 is 5.32 Å². The first-order chi connectivity index (χ1) is 8.97. The Morgan fingerprint density at radius 3 is 2.84 bits per heavy atom. The molecule has 1 atom stereocenters. The fourth-order valence-corrected chi connectivity index (χ4v) is 1.82. The maximum atomic E-state index is 10.9. The topological polar surface area (TPSA) is 81.2 Å². The van der Waals surface area contributed by atoms with Gasteiger partial charge in [0.25, 0.3) is 5.69 Å². The predicted octanol–water partition coefficient (Wildman–Crippen LogP) is 3.72. The summed E-state index contributed by atoms with van der Waals surface area (Å²) in [5, 5.41) is 14.3. The summed E-state index contributed by atoms with van der Waals surface area (Å²) in [6, 6.07) is 4.04. The number of nitrogens with zero attached hydrogens (tertiary/aromatic N) is 2. The van der Waals surface area contributed by atoms with E-state index in [2.05, 4.69) is 10.3 Å². The van der Waals surface area contributed by atoms with Crippen LogP contribution >= 0.6 is 11.6 Å². The highest BCUT2D eigenvalue weighted by Gasteiger charge is 2.18. The lowest BCUT2D eigenvalue weighted by Crippen LogP contribution is -2.08. The van der Waals surface area contributed by atoms with Crippen LogP contribution in [0.15, 0.2) is 28.8 Å². The van der Waals surface area contributed by atoms with Crippen LogP contribution in [0.4, 0.5) is 11.4 Å². The Morgan fingerprint density at radius 2 is 2.26 bits per heavy atom. The molecule has 19 heavy (non-hydrogen) atoms. The molecule has 0 spiro atoms. The molecule has 7 heteroatoms. The molecule has 1 aromatic carbocycles. The van der Waals surface area contributed by atoms with Crippen LogP contribution in [0.1, 0.15) is 24.6 Å². The fourth-order valence-electron chi connectivity index (χ4n) is 1.65. The SMILES string of the molecule is Cc1cnc(C(C)Nc2cc(Cl)ccc2[N+](=O)[O-])o1. The van der Waals surface area contributed by atoms with E-state index >= 15 is 0 Å². The van der Waals surface area contributed by atoms with E-state index < -0.39 is 4.92 Å². The Balaban J connectivity index is 2.27. The number of rotatable bonds is 4. The highest BCUT2D eigenvalue weighted by Crippen LogP contribution is 2.30. The van der Waals surface area contributed by atoms with Crippen molar-refractivity contribution in [3.05, 3.63) is 51.2 Å². The number of aromatic nitrogens is 1. The molecule has 0 aliphatic carbocycles. The number of nitro benzene ring substituents is 1. The Morgan fingerprint density at radius 1 is 1.53 bits per heavy atom. The van der Waals surface area contributed by atoms with Gasteiger partial charge in [0.15, 0.2) is 0 Å². The highest BCUT2D eigenvalue weighted by molar-refractivity contribution is 6.31. The maximum Gasteiger partial charge on any atom is 0.292 e. The van der Waals surface area contributed by atoms with Crippen LogP contribution in [0, 0.1) is 17.0 Å². The first kappa shape index (κ1) is 13.4. The Hall–Kier alpha value is -2.08. The second-order valence-corrected chi connectivity index (χ2v) is 4.53. The molecule has 0 bridgehead atoms. The maximum absolute atomic E-state index is 10.9. The number of benzene rings is 1. The number of hydrogen-bond acceptors (Lipinski definition) is 5. The first-order valence-corrected chi connectivity index (χ1v) is 5.98.